The molecule has 150 valence electrons. The highest BCUT2D eigenvalue weighted by molar-refractivity contribution is 7.98. The monoisotopic (exact) mass is 412 g/mol. The molecule has 0 amide bonds. The lowest BCUT2D eigenvalue weighted by atomic mass is 9.98. The van der Waals surface area contributed by atoms with Gasteiger partial charge >= 0.3 is 0 Å². The minimum Gasteiger partial charge on any atom is -0.413 e. The Kier molecular flexibility index (Phi) is 7.87. The fraction of sp³-hybridized carbons (Fsp3) is 0.375. The van der Waals surface area contributed by atoms with Gasteiger partial charge < -0.3 is 4.43 Å². The van der Waals surface area contributed by atoms with Crippen molar-refractivity contribution in [2.75, 3.05) is 12.9 Å². The second kappa shape index (κ2) is 9.73. The van der Waals surface area contributed by atoms with Crippen LogP contribution in [0, 0.1) is 0 Å². The van der Waals surface area contributed by atoms with Crippen LogP contribution in [0.2, 0.25) is 18.1 Å². The van der Waals surface area contributed by atoms with Crippen molar-refractivity contribution >= 4 is 31.9 Å². The Balaban J connectivity index is 2.05. The number of ketones is 1. The van der Waals surface area contributed by atoms with E-state index in [4.69, 9.17) is 4.43 Å². The van der Waals surface area contributed by atoms with Gasteiger partial charge in [-0.25, -0.2) is 0 Å². The van der Waals surface area contributed by atoms with Crippen LogP contribution in [-0.2, 0) is 10.8 Å². The maximum Gasteiger partial charge on any atom is 0.192 e. The summed E-state index contributed by atoms with van der Waals surface area (Å²) in [6.07, 6.45) is 6.58. The van der Waals surface area contributed by atoms with Crippen molar-refractivity contribution in [1.29, 1.82) is 0 Å². The minimum atomic E-state index is -1.74. The predicted octanol–water partition coefficient (Wildman–Crippen LogP) is 6.87. The largest absolute Gasteiger partial charge is 0.413 e. The van der Waals surface area contributed by atoms with E-state index in [0.717, 1.165) is 16.7 Å². The van der Waals surface area contributed by atoms with Crippen LogP contribution >= 0.6 is 11.8 Å². The molecule has 0 bridgehead atoms. The van der Waals surface area contributed by atoms with Crippen molar-refractivity contribution in [3.8, 4) is 0 Å². The summed E-state index contributed by atoms with van der Waals surface area (Å²) in [5, 5.41) is 0.205. The van der Waals surface area contributed by atoms with Gasteiger partial charge in [0.1, 0.15) is 0 Å². The molecule has 0 atom stereocenters. The zero-order chi connectivity index (χ0) is 20.8. The number of thioether (sulfide) groups is 1. The van der Waals surface area contributed by atoms with Crippen LogP contribution < -0.4 is 0 Å². The first-order valence-corrected chi connectivity index (χ1v) is 13.8. The van der Waals surface area contributed by atoms with Crippen molar-refractivity contribution in [2.45, 2.75) is 50.2 Å². The van der Waals surface area contributed by atoms with Gasteiger partial charge in [-0.3, -0.25) is 4.79 Å². The lowest BCUT2D eigenvalue weighted by Gasteiger charge is -2.35. The predicted molar refractivity (Wildman–Crippen MR) is 125 cm³/mol. The highest BCUT2D eigenvalue weighted by Crippen LogP contribution is 2.36. The molecule has 4 heteroatoms. The smallest absolute Gasteiger partial charge is 0.192 e. The van der Waals surface area contributed by atoms with Crippen LogP contribution in [0.5, 0.6) is 0 Å². The van der Waals surface area contributed by atoms with Crippen LogP contribution in [-0.4, -0.2) is 27.0 Å². The molecule has 0 radical (unpaired) electrons. The SMILES string of the molecule is CSc1ccc(C(=O)Cc2ccccc2/C=C/CO[Si](C)(C)C(C)(C)C)cc1. The third kappa shape index (κ3) is 6.19. The van der Waals surface area contributed by atoms with Crippen LogP contribution in [0.4, 0.5) is 0 Å². The highest BCUT2D eigenvalue weighted by atomic mass is 32.2. The first-order valence-electron chi connectivity index (χ1n) is 9.70. The normalized spacial score (nSPS) is 12.5. The van der Waals surface area contributed by atoms with Crippen molar-refractivity contribution in [2.24, 2.45) is 0 Å². The van der Waals surface area contributed by atoms with E-state index in [1.165, 1.54) is 4.90 Å². The van der Waals surface area contributed by atoms with Gasteiger partial charge in [0, 0.05) is 16.9 Å². The van der Waals surface area contributed by atoms with Crippen LogP contribution in [0.15, 0.2) is 59.5 Å². The third-order valence-corrected chi connectivity index (χ3v) is 10.7. The van der Waals surface area contributed by atoms with Crippen molar-refractivity contribution < 1.29 is 9.22 Å². The Bertz CT molecular complexity index is 817. The summed E-state index contributed by atoms with van der Waals surface area (Å²) in [7, 11) is -1.74. The van der Waals surface area contributed by atoms with Gasteiger partial charge in [-0.05, 0) is 47.6 Å². The Labute approximate surface area is 175 Å². The van der Waals surface area contributed by atoms with E-state index >= 15 is 0 Å². The van der Waals surface area contributed by atoms with Crippen molar-refractivity contribution in [1.82, 2.24) is 0 Å². The van der Waals surface area contributed by atoms with E-state index in [0.29, 0.717) is 13.0 Å². The summed E-state index contributed by atoms with van der Waals surface area (Å²) < 4.78 is 6.21. The van der Waals surface area contributed by atoms with Crippen molar-refractivity contribution in [3.63, 3.8) is 0 Å². The van der Waals surface area contributed by atoms with E-state index in [-0.39, 0.29) is 10.8 Å². The molecule has 0 aliphatic carbocycles. The molecule has 0 spiro atoms. The Morgan fingerprint density at radius 1 is 1.07 bits per heavy atom. The summed E-state index contributed by atoms with van der Waals surface area (Å²) in [5.41, 5.74) is 2.89. The standard InChI is InChI=1S/C24H32O2SSi/c1-24(2,3)28(5,6)26-17-9-12-19-10-7-8-11-21(19)18-23(25)20-13-15-22(27-4)16-14-20/h7-16H,17-18H2,1-6H3/b12-9+. The highest BCUT2D eigenvalue weighted by Gasteiger charge is 2.36. The number of hydrogen-bond donors (Lipinski definition) is 0. The van der Waals surface area contributed by atoms with Gasteiger partial charge in [0.15, 0.2) is 14.1 Å². The van der Waals surface area contributed by atoms with Gasteiger partial charge in [-0.2, -0.15) is 0 Å². The molecule has 0 unspecified atom stereocenters. The number of carbonyl (C=O) groups excluding carboxylic acids is 1. The van der Waals surface area contributed by atoms with E-state index in [1.807, 2.05) is 48.7 Å². The zero-order valence-electron chi connectivity index (χ0n) is 17.9. The quantitative estimate of drug-likeness (QED) is 0.269. The topological polar surface area (TPSA) is 26.3 Å². The lowest BCUT2D eigenvalue weighted by molar-refractivity contribution is 0.0993. The lowest BCUT2D eigenvalue weighted by Crippen LogP contribution is -2.40. The summed E-state index contributed by atoms with van der Waals surface area (Å²) in [6, 6.07) is 15.9. The molecular formula is C24H32O2SSi. The van der Waals surface area contributed by atoms with Gasteiger partial charge in [0.05, 0.1) is 6.61 Å². The van der Waals surface area contributed by atoms with Crippen molar-refractivity contribution in [3.05, 3.63) is 71.3 Å². The average Bonchev–Trinajstić information content (AvgIpc) is 2.65. The second-order valence-corrected chi connectivity index (χ2v) is 14.2. The van der Waals surface area contributed by atoms with Gasteiger partial charge in [0.2, 0.25) is 0 Å². The molecule has 0 fully saturated rings. The molecule has 2 aromatic carbocycles. The number of benzene rings is 2. The van der Waals surface area contributed by atoms with Gasteiger partial charge in [0.25, 0.3) is 0 Å². The summed E-state index contributed by atoms with van der Waals surface area (Å²) >= 11 is 1.68. The molecular weight excluding hydrogens is 380 g/mol. The molecule has 0 aliphatic heterocycles. The van der Waals surface area contributed by atoms with E-state index in [9.17, 15) is 4.79 Å². The summed E-state index contributed by atoms with van der Waals surface area (Å²) in [4.78, 5) is 13.9. The Morgan fingerprint density at radius 3 is 2.32 bits per heavy atom. The van der Waals surface area contributed by atoms with E-state index < -0.39 is 8.32 Å². The van der Waals surface area contributed by atoms with E-state index in [2.05, 4.69) is 52.1 Å². The number of hydrogen-bond acceptors (Lipinski definition) is 3. The molecule has 0 heterocycles. The maximum absolute atomic E-state index is 12.7. The van der Waals surface area contributed by atoms with Gasteiger partial charge in [-0.1, -0.05) is 69.3 Å². The Hall–Kier alpha value is -1.62. The first kappa shape index (κ1) is 22.7. The Morgan fingerprint density at radius 2 is 1.71 bits per heavy atom. The zero-order valence-corrected chi connectivity index (χ0v) is 19.7. The van der Waals surface area contributed by atoms with E-state index in [1.54, 1.807) is 11.8 Å². The molecule has 28 heavy (non-hydrogen) atoms. The molecule has 0 saturated carbocycles. The van der Waals surface area contributed by atoms with Crippen LogP contribution in [0.3, 0.4) is 0 Å². The third-order valence-electron chi connectivity index (χ3n) is 5.46. The molecule has 0 aromatic heterocycles. The molecule has 2 aromatic rings. The molecule has 0 saturated heterocycles. The van der Waals surface area contributed by atoms with Crippen LogP contribution in [0.25, 0.3) is 6.08 Å². The second-order valence-electron chi connectivity index (χ2n) is 8.50. The fourth-order valence-electron chi connectivity index (χ4n) is 2.56. The number of rotatable bonds is 8. The summed E-state index contributed by atoms with van der Waals surface area (Å²) in [6.45, 7) is 11.9. The number of Topliss-reactive ketones (excluding diaryl/α,β-unsaturated/α-hetero) is 1. The molecule has 0 N–H and O–H groups in total. The van der Waals surface area contributed by atoms with Crippen LogP contribution in [0.1, 0.15) is 42.3 Å². The maximum atomic E-state index is 12.7. The fourth-order valence-corrected chi connectivity index (χ4v) is 3.91. The van der Waals surface area contributed by atoms with Gasteiger partial charge in [-0.15, -0.1) is 11.8 Å². The molecule has 2 nitrogen and oxygen atoms in total. The summed E-state index contributed by atoms with van der Waals surface area (Å²) in [5.74, 6) is 0.144. The molecule has 2 rings (SSSR count). The first-order chi connectivity index (χ1) is 13.1. The number of carbonyl (C=O) groups is 1. The molecule has 0 aliphatic rings. The minimum absolute atomic E-state index is 0.144. The average molecular weight is 413 g/mol.